The lowest BCUT2D eigenvalue weighted by Gasteiger charge is -2.14. The van der Waals surface area contributed by atoms with Crippen LogP contribution in [0.1, 0.15) is 34.1 Å². The predicted molar refractivity (Wildman–Crippen MR) is 94.3 cm³/mol. The van der Waals surface area contributed by atoms with Gasteiger partial charge in [-0.25, -0.2) is 9.59 Å². The number of aromatic carboxylic acids is 2. The Kier molecular flexibility index (Phi) is 5.48. The smallest absolute Gasteiger partial charge is 0.342 e. The summed E-state index contributed by atoms with van der Waals surface area (Å²) in [6.07, 6.45) is 0.797. The highest BCUT2D eigenvalue weighted by molar-refractivity contribution is 9.10. The summed E-state index contributed by atoms with van der Waals surface area (Å²) in [6, 6.07) is 4.52. The van der Waals surface area contributed by atoms with Crippen molar-refractivity contribution in [1.82, 2.24) is 4.98 Å². The third-order valence-electron chi connectivity index (χ3n) is 3.35. The van der Waals surface area contributed by atoms with Gasteiger partial charge in [-0.05, 0) is 40.0 Å². The highest BCUT2D eigenvalue weighted by atomic mass is 79.9. The number of benzene rings is 1. The molecule has 2 rings (SSSR count). The van der Waals surface area contributed by atoms with Crippen molar-refractivity contribution in [2.45, 2.75) is 13.3 Å². The number of nitrogen functional groups attached to an aromatic ring is 1. The molecule has 1 aromatic heterocycles. The molecule has 2 aromatic rings. The number of anilines is 1. The van der Waals surface area contributed by atoms with E-state index in [2.05, 4.69) is 20.9 Å². The molecule has 9 heteroatoms. The number of aromatic nitrogens is 1. The Hall–Kier alpha value is -2.81. The van der Waals surface area contributed by atoms with Gasteiger partial charge in [0.15, 0.2) is 0 Å². The van der Waals surface area contributed by atoms with Crippen LogP contribution in [0.25, 0.3) is 11.1 Å². The van der Waals surface area contributed by atoms with Gasteiger partial charge in [-0.3, -0.25) is 4.79 Å². The third kappa shape index (κ3) is 3.66. The number of H-pyrrole nitrogens is 1. The first-order valence-corrected chi connectivity index (χ1v) is 8.02. The van der Waals surface area contributed by atoms with E-state index in [1.54, 1.807) is 6.07 Å². The summed E-state index contributed by atoms with van der Waals surface area (Å²) < 4.78 is 6.00. The van der Waals surface area contributed by atoms with E-state index in [9.17, 15) is 24.6 Å². The molecule has 0 fully saturated rings. The number of pyridine rings is 1. The zero-order valence-corrected chi connectivity index (χ0v) is 14.7. The largest absolute Gasteiger partial charge is 0.492 e. The predicted octanol–water partition coefficient (Wildman–Crippen LogP) is 2.57. The minimum absolute atomic E-state index is 0.211. The zero-order chi connectivity index (χ0) is 18.7. The molecule has 0 unspecified atom stereocenters. The Morgan fingerprint density at radius 1 is 1.24 bits per heavy atom. The van der Waals surface area contributed by atoms with Crippen molar-refractivity contribution >= 4 is 33.7 Å². The molecule has 132 valence electrons. The van der Waals surface area contributed by atoms with Gasteiger partial charge in [0, 0.05) is 5.56 Å². The lowest BCUT2D eigenvalue weighted by molar-refractivity contribution is 0.0695. The number of hydrogen-bond donors (Lipinski definition) is 4. The van der Waals surface area contributed by atoms with Crippen molar-refractivity contribution in [3.8, 4) is 16.9 Å². The Balaban J connectivity index is 2.77. The summed E-state index contributed by atoms with van der Waals surface area (Å²) in [7, 11) is 0. The number of carboxylic acid groups (broad SMARTS) is 2. The SMILES string of the molecule is CCCOc1ccc(-c2c(C(=O)O)c(N)[nH]c(=O)c2C(=O)O)cc1Br. The number of carboxylic acids is 2. The molecule has 25 heavy (non-hydrogen) atoms. The van der Waals surface area contributed by atoms with Gasteiger partial charge < -0.3 is 25.7 Å². The zero-order valence-electron chi connectivity index (χ0n) is 13.1. The monoisotopic (exact) mass is 410 g/mol. The number of rotatable bonds is 6. The molecule has 0 saturated carbocycles. The van der Waals surface area contributed by atoms with Crippen LogP contribution in [-0.4, -0.2) is 33.7 Å². The molecule has 1 aromatic carbocycles. The topological polar surface area (TPSA) is 143 Å². The van der Waals surface area contributed by atoms with Crippen LogP contribution in [0.5, 0.6) is 5.75 Å². The van der Waals surface area contributed by atoms with Gasteiger partial charge in [0.2, 0.25) is 0 Å². The van der Waals surface area contributed by atoms with Crippen LogP contribution < -0.4 is 16.0 Å². The van der Waals surface area contributed by atoms with Crippen LogP contribution in [0.3, 0.4) is 0 Å². The molecule has 1 heterocycles. The normalized spacial score (nSPS) is 10.5. The van der Waals surface area contributed by atoms with E-state index in [1.165, 1.54) is 12.1 Å². The van der Waals surface area contributed by atoms with Crippen LogP contribution in [0, 0.1) is 0 Å². The van der Waals surface area contributed by atoms with E-state index in [-0.39, 0.29) is 11.1 Å². The first-order chi connectivity index (χ1) is 11.8. The number of carbonyl (C=O) groups is 2. The van der Waals surface area contributed by atoms with E-state index in [4.69, 9.17) is 10.5 Å². The number of aromatic amines is 1. The van der Waals surface area contributed by atoms with Crippen LogP contribution in [0.15, 0.2) is 27.5 Å². The molecule has 0 aliphatic carbocycles. The van der Waals surface area contributed by atoms with Gasteiger partial charge in [-0.2, -0.15) is 0 Å². The van der Waals surface area contributed by atoms with Gasteiger partial charge in [-0.1, -0.05) is 13.0 Å². The van der Waals surface area contributed by atoms with Gasteiger partial charge in [-0.15, -0.1) is 0 Å². The molecule has 5 N–H and O–H groups in total. The number of nitrogens with one attached hydrogen (secondary N) is 1. The maximum Gasteiger partial charge on any atom is 0.342 e. The minimum Gasteiger partial charge on any atom is -0.492 e. The van der Waals surface area contributed by atoms with Gasteiger partial charge in [0.25, 0.3) is 5.56 Å². The molecule has 8 nitrogen and oxygen atoms in total. The highest BCUT2D eigenvalue weighted by Crippen LogP contribution is 2.34. The van der Waals surface area contributed by atoms with Crippen LogP contribution in [-0.2, 0) is 0 Å². The highest BCUT2D eigenvalue weighted by Gasteiger charge is 2.26. The standard InChI is InChI=1S/C16H15BrN2O6/c1-2-5-25-9-4-3-7(6-8(9)17)10-11(15(21)22)13(18)19-14(20)12(10)16(23)24/h3-4,6H,2,5H2,1H3,(H,21,22)(H,23,24)(H3,18,19,20). The molecular weight excluding hydrogens is 396 g/mol. The van der Waals surface area contributed by atoms with E-state index < -0.39 is 34.4 Å². The Morgan fingerprint density at radius 2 is 1.88 bits per heavy atom. The molecule has 0 spiro atoms. The summed E-state index contributed by atoms with van der Waals surface area (Å²) in [4.78, 5) is 37.1. The first-order valence-electron chi connectivity index (χ1n) is 7.23. The van der Waals surface area contributed by atoms with E-state index in [1.807, 2.05) is 6.92 Å². The quantitative estimate of drug-likeness (QED) is 0.572. The molecule has 0 aliphatic rings. The van der Waals surface area contributed by atoms with Gasteiger partial charge >= 0.3 is 11.9 Å². The van der Waals surface area contributed by atoms with Crippen LogP contribution in [0.4, 0.5) is 5.82 Å². The average Bonchev–Trinajstić information content (AvgIpc) is 2.52. The van der Waals surface area contributed by atoms with Crippen molar-refractivity contribution < 1.29 is 24.5 Å². The molecule has 0 radical (unpaired) electrons. The summed E-state index contributed by atoms with van der Waals surface area (Å²) in [6.45, 7) is 2.43. The van der Waals surface area contributed by atoms with E-state index >= 15 is 0 Å². The number of ether oxygens (including phenoxy) is 1. The second-order valence-corrected chi connectivity index (χ2v) is 5.95. The summed E-state index contributed by atoms with van der Waals surface area (Å²) in [5.74, 6) is -2.91. The van der Waals surface area contributed by atoms with Gasteiger partial charge in [0.05, 0.1) is 11.1 Å². The fraction of sp³-hybridized carbons (Fsp3) is 0.188. The molecule has 0 bridgehead atoms. The van der Waals surface area contributed by atoms with Crippen molar-refractivity contribution in [2.24, 2.45) is 0 Å². The molecule has 0 aliphatic heterocycles. The van der Waals surface area contributed by atoms with Crippen molar-refractivity contribution in [3.05, 3.63) is 44.2 Å². The fourth-order valence-electron chi connectivity index (χ4n) is 2.32. The number of hydrogen-bond acceptors (Lipinski definition) is 5. The molecule has 0 atom stereocenters. The second-order valence-electron chi connectivity index (χ2n) is 5.10. The van der Waals surface area contributed by atoms with E-state index in [0.29, 0.717) is 16.8 Å². The maximum absolute atomic E-state index is 12.0. The summed E-state index contributed by atoms with van der Waals surface area (Å²) in [5, 5.41) is 18.8. The van der Waals surface area contributed by atoms with Crippen molar-refractivity contribution in [3.63, 3.8) is 0 Å². The van der Waals surface area contributed by atoms with Gasteiger partial charge in [0.1, 0.15) is 22.7 Å². The van der Waals surface area contributed by atoms with E-state index in [0.717, 1.165) is 6.42 Å². The first kappa shape index (κ1) is 18.5. The molecule has 0 saturated heterocycles. The minimum atomic E-state index is -1.55. The summed E-state index contributed by atoms with van der Waals surface area (Å²) in [5.41, 5.74) is 3.40. The second kappa shape index (κ2) is 7.39. The number of halogens is 1. The Morgan fingerprint density at radius 3 is 2.40 bits per heavy atom. The molecule has 0 amide bonds. The number of nitrogens with two attached hydrogens (primary N) is 1. The van der Waals surface area contributed by atoms with Crippen molar-refractivity contribution in [1.29, 1.82) is 0 Å². The Labute approximate surface area is 150 Å². The third-order valence-corrected chi connectivity index (χ3v) is 3.97. The average molecular weight is 411 g/mol. The van der Waals surface area contributed by atoms with Crippen LogP contribution in [0.2, 0.25) is 0 Å². The fourth-order valence-corrected chi connectivity index (χ4v) is 2.81. The molecular formula is C16H15BrN2O6. The Bertz CT molecular complexity index is 906. The van der Waals surface area contributed by atoms with Crippen molar-refractivity contribution in [2.75, 3.05) is 12.3 Å². The lowest BCUT2D eigenvalue weighted by atomic mass is 9.95. The lowest BCUT2D eigenvalue weighted by Crippen LogP contribution is -2.24. The maximum atomic E-state index is 12.0. The van der Waals surface area contributed by atoms with Crippen LogP contribution >= 0.6 is 15.9 Å². The summed E-state index contributed by atoms with van der Waals surface area (Å²) >= 11 is 3.30.